The van der Waals surface area contributed by atoms with Crippen LogP contribution in [0.1, 0.15) is 142 Å². The molecular weight excluding hydrogens is 644 g/mol. The molecule has 6 atom stereocenters. The van der Waals surface area contributed by atoms with Crippen LogP contribution in [0, 0.1) is 0 Å². The molecule has 0 radical (unpaired) electrons. The molecule has 0 saturated carbocycles. The molecular formula is C35H66O12S. The van der Waals surface area contributed by atoms with Gasteiger partial charge in [0, 0.05) is 13.0 Å². The fourth-order valence-electron chi connectivity index (χ4n) is 5.55. The SMILES string of the molecule is CCCCCCCC/C=C\CCCCCCCCOCC(COC1OC(CO)C(O)C(OS(=O)(=O)O)C1O)OC(=O)CCCCCCC. The summed E-state index contributed by atoms with van der Waals surface area (Å²) in [4.78, 5) is 12.5. The van der Waals surface area contributed by atoms with Gasteiger partial charge in [0.1, 0.15) is 30.5 Å². The molecule has 4 N–H and O–H groups in total. The van der Waals surface area contributed by atoms with Crippen molar-refractivity contribution in [1.29, 1.82) is 0 Å². The third-order valence-corrected chi connectivity index (χ3v) is 8.85. The minimum absolute atomic E-state index is 0.0342. The molecule has 0 aliphatic carbocycles. The second-order valence-corrected chi connectivity index (χ2v) is 13.9. The third kappa shape index (κ3) is 22.5. The number of hydrogen-bond acceptors (Lipinski definition) is 11. The molecule has 48 heavy (non-hydrogen) atoms. The maximum absolute atomic E-state index is 12.5. The zero-order valence-electron chi connectivity index (χ0n) is 29.6. The number of carbonyl (C=O) groups excluding carboxylic acids is 1. The van der Waals surface area contributed by atoms with E-state index in [1.54, 1.807) is 0 Å². The number of aliphatic hydroxyl groups excluding tert-OH is 3. The van der Waals surface area contributed by atoms with Gasteiger partial charge in [0.2, 0.25) is 0 Å². The minimum Gasteiger partial charge on any atom is -0.457 e. The van der Waals surface area contributed by atoms with Crippen molar-refractivity contribution in [2.75, 3.05) is 26.4 Å². The molecule has 12 nitrogen and oxygen atoms in total. The van der Waals surface area contributed by atoms with E-state index in [0.29, 0.717) is 13.0 Å². The summed E-state index contributed by atoms with van der Waals surface area (Å²) in [6.45, 7) is 3.85. The number of ether oxygens (including phenoxy) is 4. The summed E-state index contributed by atoms with van der Waals surface area (Å²) >= 11 is 0. The Morgan fingerprint density at radius 2 is 1.31 bits per heavy atom. The molecule has 13 heteroatoms. The zero-order chi connectivity index (χ0) is 35.5. The third-order valence-electron chi connectivity index (χ3n) is 8.39. The lowest BCUT2D eigenvalue weighted by molar-refractivity contribution is -0.301. The van der Waals surface area contributed by atoms with Crippen molar-refractivity contribution in [2.24, 2.45) is 0 Å². The van der Waals surface area contributed by atoms with Gasteiger partial charge in [0.15, 0.2) is 6.29 Å². The first kappa shape index (κ1) is 44.9. The van der Waals surface area contributed by atoms with Gasteiger partial charge in [-0.1, -0.05) is 109 Å². The topological polar surface area (TPSA) is 178 Å². The van der Waals surface area contributed by atoms with E-state index >= 15 is 0 Å². The van der Waals surface area contributed by atoms with Gasteiger partial charge in [-0.05, 0) is 38.5 Å². The Bertz CT molecular complexity index is 915. The smallest absolute Gasteiger partial charge is 0.397 e. The van der Waals surface area contributed by atoms with Gasteiger partial charge in [-0.3, -0.25) is 9.35 Å². The quantitative estimate of drug-likeness (QED) is 0.0288. The Morgan fingerprint density at radius 1 is 0.771 bits per heavy atom. The molecule has 0 aromatic carbocycles. The molecule has 0 bridgehead atoms. The van der Waals surface area contributed by atoms with Crippen LogP contribution < -0.4 is 0 Å². The molecule has 0 aromatic rings. The second kappa shape index (κ2) is 28.5. The van der Waals surface area contributed by atoms with Crippen LogP contribution in [0.4, 0.5) is 0 Å². The highest BCUT2D eigenvalue weighted by atomic mass is 32.3. The first-order chi connectivity index (χ1) is 23.1. The van der Waals surface area contributed by atoms with Crippen LogP contribution in [-0.4, -0.2) is 97.5 Å². The number of unbranched alkanes of at least 4 members (excludes halogenated alkanes) is 16. The highest BCUT2D eigenvalue weighted by molar-refractivity contribution is 7.80. The number of carbonyl (C=O) groups is 1. The van der Waals surface area contributed by atoms with E-state index in [2.05, 4.69) is 30.2 Å². The van der Waals surface area contributed by atoms with Crippen molar-refractivity contribution in [1.82, 2.24) is 0 Å². The van der Waals surface area contributed by atoms with E-state index in [0.717, 1.165) is 51.4 Å². The van der Waals surface area contributed by atoms with Gasteiger partial charge in [-0.15, -0.1) is 0 Å². The lowest BCUT2D eigenvalue weighted by atomic mass is 9.99. The fraction of sp³-hybridized carbons (Fsp3) is 0.914. The molecule has 1 saturated heterocycles. The number of allylic oxidation sites excluding steroid dienone is 2. The average Bonchev–Trinajstić information content (AvgIpc) is 3.05. The Balaban J connectivity index is 2.43. The number of hydrogen-bond donors (Lipinski definition) is 4. The van der Waals surface area contributed by atoms with Crippen LogP contribution in [0.5, 0.6) is 0 Å². The Hall–Kier alpha value is -1.16. The summed E-state index contributed by atoms with van der Waals surface area (Å²) < 4.78 is 58.4. The van der Waals surface area contributed by atoms with E-state index in [4.69, 9.17) is 23.5 Å². The zero-order valence-corrected chi connectivity index (χ0v) is 30.4. The molecule has 0 spiro atoms. The predicted octanol–water partition coefficient (Wildman–Crippen LogP) is 5.96. The van der Waals surface area contributed by atoms with Crippen molar-refractivity contribution in [3.63, 3.8) is 0 Å². The maximum atomic E-state index is 12.5. The fourth-order valence-corrected chi connectivity index (χ4v) is 6.06. The summed E-state index contributed by atoms with van der Waals surface area (Å²) in [5.74, 6) is -0.415. The van der Waals surface area contributed by atoms with Gasteiger partial charge in [-0.25, -0.2) is 4.18 Å². The summed E-state index contributed by atoms with van der Waals surface area (Å²) in [6.07, 6.45) is 17.4. The van der Waals surface area contributed by atoms with E-state index in [-0.39, 0.29) is 19.6 Å². The summed E-state index contributed by atoms with van der Waals surface area (Å²) in [6, 6.07) is 0. The van der Waals surface area contributed by atoms with Gasteiger partial charge in [-0.2, -0.15) is 8.42 Å². The van der Waals surface area contributed by atoms with Crippen LogP contribution in [0.3, 0.4) is 0 Å². The summed E-state index contributed by atoms with van der Waals surface area (Å²) in [5.41, 5.74) is 0. The first-order valence-corrected chi connectivity index (χ1v) is 19.8. The average molecular weight is 711 g/mol. The molecule has 1 aliphatic rings. The molecule has 1 fully saturated rings. The molecule has 6 unspecified atom stereocenters. The van der Waals surface area contributed by atoms with E-state index in [1.165, 1.54) is 64.2 Å². The van der Waals surface area contributed by atoms with Crippen molar-refractivity contribution in [3.8, 4) is 0 Å². The molecule has 1 heterocycles. The highest BCUT2D eigenvalue weighted by Crippen LogP contribution is 2.26. The van der Waals surface area contributed by atoms with Crippen LogP contribution in [-0.2, 0) is 38.3 Å². The standard InChI is InChI=1S/C35H66O12S/c1-3-5-7-9-10-11-12-13-14-15-16-17-18-19-21-23-25-43-27-29(45-31(37)24-22-20-8-6-4-2)28-44-35-33(39)34(47-48(40,41)42)32(38)30(26-36)46-35/h13-14,29-30,32-36,38-39H,3-12,15-28H2,1-2H3,(H,40,41,42)/b14-13-. The molecule has 284 valence electrons. The van der Waals surface area contributed by atoms with Gasteiger partial charge in [0.05, 0.1) is 19.8 Å². The van der Waals surface area contributed by atoms with Crippen molar-refractivity contribution < 1.29 is 56.2 Å². The van der Waals surface area contributed by atoms with E-state index in [9.17, 15) is 28.5 Å². The van der Waals surface area contributed by atoms with Crippen molar-refractivity contribution in [3.05, 3.63) is 12.2 Å². The number of aliphatic hydroxyl groups is 3. The van der Waals surface area contributed by atoms with Gasteiger partial charge in [0.25, 0.3) is 0 Å². The Morgan fingerprint density at radius 3 is 1.88 bits per heavy atom. The van der Waals surface area contributed by atoms with Crippen molar-refractivity contribution in [2.45, 2.75) is 179 Å². The lowest BCUT2D eigenvalue weighted by Crippen LogP contribution is -2.60. The van der Waals surface area contributed by atoms with E-state index in [1.807, 2.05) is 0 Å². The predicted molar refractivity (Wildman–Crippen MR) is 184 cm³/mol. The minimum atomic E-state index is -5.05. The van der Waals surface area contributed by atoms with Gasteiger partial charge >= 0.3 is 16.4 Å². The summed E-state index contributed by atoms with van der Waals surface area (Å²) in [7, 11) is -5.05. The molecule has 1 aliphatic heterocycles. The van der Waals surface area contributed by atoms with E-state index < -0.39 is 59.8 Å². The normalized spacial score (nSPS) is 22.3. The van der Waals surface area contributed by atoms with Crippen LogP contribution in [0.2, 0.25) is 0 Å². The first-order valence-electron chi connectivity index (χ1n) is 18.4. The number of esters is 1. The maximum Gasteiger partial charge on any atom is 0.397 e. The Kier molecular flexibility index (Phi) is 26.7. The Labute approximate surface area is 289 Å². The molecule has 0 aromatic heterocycles. The van der Waals surface area contributed by atoms with Crippen LogP contribution in [0.25, 0.3) is 0 Å². The molecule has 0 amide bonds. The second-order valence-electron chi connectivity index (χ2n) is 12.8. The molecule has 1 rings (SSSR count). The van der Waals surface area contributed by atoms with Crippen LogP contribution >= 0.6 is 0 Å². The lowest BCUT2D eigenvalue weighted by Gasteiger charge is -2.41. The van der Waals surface area contributed by atoms with Gasteiger partial charge < -0.3 is 34.3 Å². The van der Waals surface area contributed by atoms with Crippen molar-refractivity contribution >= 4 is 16.4 Å². The monoisotopic (exact) mass is 710 g/mol. The van der Waals surface area contributed by atoms with Crippen LogP contribution in [0.15, 0.2) is 12.2 Å². The largest absolute Gasteiger partial charge is 0.457 e. The highest BCUT2D eigenvalue weighted by Gasteiger charge is 2.48. The number of rotatable bonds is 31. The summed E-state index contributed by atoms with van der Waals surface area (Å²) in [5, 5.41) is 30.4.